The van der Waals surface area contributed by atoms with E-state index in [9.17, 15) is 4.79 Å². The summed E-state index contributed by atoms with van der Waals surface area (Å²) in [6.45, 7) is 13.6. The quantitative estimate of drug-likeness (QED) is 0.605. The minimum atomic E-state index is -0.565. The fourth-order valence-electron chi connectivity index (χ4n) is 2.28. The number of nitrogens with two attached hydrogens (primary N) is 1. The molecule has 0 bridgehead atoms. The van der Waals surface area contributed by atoms with E-state index in [2.05, 4.69) is 37.9 Å². The monoisotopic (exact) mass is 271 g/mol. The van der Waals surface area contributed by atoms with E-state index in [4.69, 9.17) is 5.73 Å². The molecule has 114 valence electrons. The SMILES string of the molecule is CCCNC(C)(CCCN(CC)C(C)CC)C(N)=O. The molecule has 0 aromatic heterocycles. The fourth-order valence-corrected chi connectivity index (χ4v) is 2.28. The van der Waals surface area contributed by atoms with Gasteiger partial charge in [-0.05, 0) is 59.2 Å². The Labute approximate surface area is 119 Å². The number of hydrogen-bond acceptors (Lipinski definition) is 3. The van der Waals surface area contributed by atoms with Gasteiger partial charge in [-0.2, -0.15) is 0 Å². The molecule has 0 radical (unpaired) electrons. The van der Waals surface area contributed by atoms with Crippen LogP contribution in [-0.2, 0) is 4.79 Å². The summed E-state index contributed by atoms with van der Waals surface area (Å²) in [7, 11) is 0. The van der Waals surface area contributed by atoms with E-state index in [1.165, 1.54) is 0 Å². The van der Waals surface area contributed by atoms with Gasteiger partial charge in [-0.15, -0.1) is 0 Å². The topological polar surface area (TPSA) is 58.4 Å². The summed E-state index contributed by atoms with van der Waals surface area (Å²) in [6, 6.07) is 0.605. The molecule has 0 heterocycles. The van der Waals surface area contributed by atoms with Crippen molar-refractivity contribution in [2.24, 2.45) is 5.73 Å². The molecular formula is C15H33N3O. The first kappa shape index (κ1) is 18.4. The molecule has 0 saturated heterocycles. The van der Waals surface area contributed by atoms with Crippen LogP contribution in [0.5, 0.6) is 0 Å². The van der Waals surface area contributed by atoms with Crippen molar-refractivity contribution in [3.8, 4) is 0 Å². The van der Waals surface area contributed by atoms with Crippen molar-refractivity contribution in [2.75, 3.05) is 19.6 Å². The number of carbonyl (C=O) groups excluding carboxylic acids is 1. The molecule has 0 aliphatic rings. The van der Waals surface area contributed by atoms with Crippen molar-refractivity contribution in [1.82, 2.24) is 10.2 Å². The van der Waals surface area contributed by atoms with Crippen molar-refractivity contribution in [3.63, 3.8) is 0 Å². The summed E-state index contributed by atoms with van der Waals surface area (Å²) in [5, 5.41) is 3.29. The zero-order valence-corrected chi connectivity index (χ0v) is 13.5. The average molecular weight is 271 g/mol. The number of amides is 1. The predicted octanol–water partition coefficient (Wildman–Crippen LogP) is 2.13. The Morgan fingerprint density at radius 2 is 2.00 bits per heavy atom. The molecule has 3 N–H and O–H groups in total. The zero-order chi connectivity index (χ0) is 14.9. The Kier molecular flexibility index (Phi) is 9.02. The Hall–Kier alpha value is -0.610. The number of primary amides is 1. The first-order chi connectivity index (χ1) is 8.91. The lowest BCUT2D eigenvalue weighted by Crippen LogP contribution is -2.53. The maximum absolute atomic E-state index is 11.6. The number of nitrogens with zero attached hydrogens (tertiary/aromatic N) is 1. The van der Waals surface area contributed by atoms with Crippen LogP contribution in [0.4, 0.5) is 0 Å². The van der Waals surface area contributed by atoms with Crippen LogP contribution < -0.4 is 11.1 Å². The smallest absolute Gasteiger partial charge is 0.237 e. The van der Waals surface area contributed by atoms with Gasteiger partial charge < -0.3 is 16.0 Å². The Morgan fingerprint density at radius 3 is 2.42 bits per heavy atom. The lowest BCUT2D eigenvalue weighted by atomic mass is 9.94. The molecular weight excluding hydrogens is 238 g/mol. The van der Waals surface area contributed by atoms with Crippen molar-refractivity contribution in [2.45, 2.75) is 71.9 Å². The van der Waals surface area contributed by atoms with Crippen LogP contribution in [0.1, 0.15) is 60.3 Å². The maximum atomic E-state index is 11.6. The van der Waals surface area contributed by atoms with E-state index < -0.39 is 5.54 Å². The molecule has 2 atom stereocenters. The lowest BCUT2D eigenvalue weighted by Gasteiger charge is -2.31. The van der Waals surface area contributed by atoms with Crippen LogP contribution in [0.25, 0.3) is 0 Å². The lowest BCUT2D eigenvalue weighted by molar-refractivity contribution is -0.124. The molecule has 0 aromatic carbocycles. The molecule has 0 spiro atoms. The number of rotatable bonds is 11. The minimum Gasteiger partial charge on any atom is -0.368 e. The summed E-state index contributed by atoms with van der Waals surface area (Å²) in [6.07, 6.45) is 3.97. The van der Waals surface area contributed by atoms with E-state index in [0.717, 1.165) is 45.3 Å². The second-order valence-corrected chi connectivity index (χ2v) is 5.61. The van der Waals surface area contributed by atoms with Gasteiger partial charge in [-0.25, -0.2) is 0 Å². The summed E-state index contributed by atoms with van der Waals surface area (Å²) in [4.78, 5) is 14.1. The van der Waals surface area contributed by atoms with Gasteiger partial charge in [0.2, 0.25) is 5.91 Å². The summed E-state index contributed by atoms with van der Waals surface area (Å²) < 4.78 is 0. The predicted molar refractivity (Wildman–Crippen MR) is 82.1 cm³/mol. The molecule has 0 saturated carbocycles. The highest BCUT2D eigenvalue weighted by molar-refractivity contribution is 5.84. The molecule has 4 heteroatoms. The number of carbonyl (C=O) groups is 1. The second-order valence-electron chi connectivity index (χ2n) is 5.61. The van der Waals surface area contributed by atoms with Gasteiger partial charge in [0.05, 0.1) is 5.54 Å². The number of hydrogen-bond donors (Lipinski definition) is 2. The minimum absolute atomic E-state index is 0.243. The van der Waals surface area contributed by atoms with Gasteiger partial charge in [-0.3, -0.25) is 4.79 Å². The van der Waals surface area contributed by atoms with Gasteiger partial charge in [-0.1, -0.05) is 20.8 Å². The average Bonchev–Trinajstić information content (AvgIpc) is 2.40. The summed E-state index contributed by atoms with van der Waals surface area (Å²) in [5.41, 5.74) is 4.97. The van der Waals surface area contributed by atoms with E-state index >= 15 is 0 Å². The van der Waals surface area contributed by atoms with Crippen molar-refractivity contribution in [3.05, 3.63) is 0 Å². The van der Waals surface area contributed by atoms with Gasteiger partial charge in [0.15, 0.2) is 0 Å². The van der Waals surface area contributed by atoms with E-state index in [1.54, 1.807) is 0 Å². The van der Waals surface area contributed by atoms with Crippen LogP contribution in [-0.4, -0.2) is 42.0 Å². The van der Waals surface area contributed by atoms with Crippen LogP contribution in [0, 0.1) is 0 Å². The van der Waals surface area contributed by atoms with E-state index in [0.29, 0.717) is 6.04 Å². The normalized spacial score (nSPS) is 16.3. The second kappa shape index (κ2) is 9.32. The highest BCUT2D eigenvalue weighted by Crippen LogP contribution is 2.14. The molecule has 0 fully saturated rings. The highest BCUT2D eigenvalue weighted by atomic mass is 16.1. The van der Waals surface area contributed by atoms with Gasteiger partial charge in [0.25, 0.3) is 0 Å². The molecule has 0 aliphatic heterocycles. The molecule has 0 rings (SSSR count). The van der Waals surface area contributed by atoms with Gasteiger partial charge in [0, 0.05) is 6.04 Å². The molecule has 4 nitrogen and oxygen atoms in total. The van der Waals surface area contributed by atoms with Gasteiger partial charge in [0.1, 0.15) is 0 Å². The first-order valence-corrected chi connectivity index (χ1v) is 7.70. The third kappa shape index (κ3) is 6.39. The standard InChI is InChI=1S/C15H33N3O/c1-6-11-17-15(5,14(16)19)10-9-12-18(8-3)13(4)7-2/h13,17H,6-12H2,1-5H3,(H2,16,19). The Balaban J connectivity index is 4.28. The van der Waals surface area contributed by atoms with Crippen LogP contribution in [0.2, 0.25) is 0 Å². The van der Waals surface area contributed by atoms with Crippen molar-refractivity contribution < 1.29 is 4.79 Å². The zero-order valence-electron chi connectivity index (χ0n) is 13.5. The Bertz CT molecular complexity index is 258. The Morgan fingerprint density at radius 1 is 1.37 bits per heavy atom. The van der Waals surface area contributed by atoms with Crippen LogP contribution in [0.3, 0.4) is 0 Å². The first-order valence-electron chi connectivity index (χ1n) is 7.70. The number of nitrogens with one attached hydrogen (secondary N) is 1. The molecule has 0 aliphatic carbocycles. The molecule has 1 amide bonds. The third-order valence-electron chi connectivity index (χ3n) is 4.05. The maximum Gasteiger partial charge on any atom is 0.237 e. The third-order valence-corrected chi connectivity index (χ3v) is 4.05. The highest BCUT2D eigenvalue weighted by Gasteiger charge is 2.29. The molecule has 19 heavy (non-hydrogen) atoms. The summed E-state index contributed by atoms with van der Waals surface area (Å²) >= 11 is 0. The molecule has 0 aromatic rings. The van der Waals surface area contributed by atoms with E-state index in [-0.39, 0.29) is 5.91 Å². The largest absolute Gasteiger partial charge is 0.368 e. The fraction of sp³-hybridized carbons (Fsp3) is 0.933. The molecule has 2 unspecified atom stereocenters. The summed E-state index contributed by atoms with van der Waals surface area (Å²) in [5.74, 6) is -0.243. The van der Waals surface area contributed by atoms with Crippen molar-refractivity contribution in [1.29, 1.82) is 0 Å². The van der Waals surface area contributed by atoms with E-state index in [1.807, 2.05) is 6.92 Å². The van der Waals surface area contributed by atoms with Crippen LogP contribution >= 0.6 is 0 Å². The van der Waals surface area contributed by atoms with Crippen LogP contribution in [0.15, 0.2) is 0 Å². The van der Waals surface area contributed by atoms with Gasteiger partial charge >= 0.3 is 0 Å². The van der Waals surface area contributed by atoms with Crippen molar-refractivity contribution >= 4 is 5.91 Å².